The van der Waals surface area contributed by atoms with E-state index in [9.17, 15) is 4.79 Å². The van der Waals surface area contributed by atoms with Gasteiger partial charge in [0.2, 0.25) is 5.91 Å². The number of nitrogens with one attached hydrogen (secondary N) is 1. The summed E-state index contributed by atoms with van der Waals surface area (Å²) in [6.45, 7) is 2.31. The van der Waals surface area contributed by atoms with Crippen LogP contribution in [0.5, 0.6) is 11.5 Å². The first-order valence-electron chi connectivity index (χ1n) is 8.06. The molecule has 0 radical (unpaired) electrons. The van der Waals surface area contributed by atoms with E-state index in [0.29, 0.717) is 28.2 Å². The molecule has 0 bridgehead atoms. The second-order valence-corrected chi connectivity index (χ2v) is 7.50. The molecule has 0 aliphatic carbocycles. The Morgan fingerprint density at radius 1 is 1.12 bits per heavy atom. The topological polar surface area (TPSA) is 47.6 Å². The second kappa shape index (κ2) is 10.6. The summed E-state index contributed by atoms with van der Waals surface area (Å²) in [7, 11) is 1.62. The lowest BCUT2D eigenvalue weighted by Crippen LogP contribution is -2.37. The molecule has 2 rings (SSSR count). The first-order valence-corrected chi connectivity index (χ1v) is 9.97. The Balaban J connectivity index is 1.66. The lowest BCUT2D eigenvalue weighted by molar-refractivity contribution is -0.119. The smallest absolute Gasteiger partial charge is 0.230 e. The number of carbonyl (C=O) groups excluding carboxylic acids is 1. The van der Waals surface area contributed by atoms with E-state index in [4.69, 9.17) is 32.7 Å². The predicted molar refractivity (Wildman–Crippen MR) is 109 cm³/mol. The minimum atomic E-state index is -0.0878. The van der Waals surface area contributed by atoms with E-state index in [1.54, 1.807) is 13.2 Å². The summed E-state index contributed by atoms with van der Waals surface area (Å²) < 4.78 is 10.8. The molecule has 2 aromatic carbocycles. The minimum absolute atomic E-state index is 0.0270. The van der Waals surface area contributed by atoms with Gasteiger partial charge in [0.05, 0.1) is 28.9 Å². The minimum Gasteiger partial charge on any atom is -0.497 e. The fourth-order valence-electron chi connectivity index (χ4n) is 2.14. The van der Waals surface area contributed by atoms with Crippen LogP contribution in [0.4, 0.5) is 0 Å². The van der Waals surface area contributed by atoms with E-state index in [2.05, 4.69) is 5.32 Å². The van der Waals surface area contributed by atoms with Crippen molar-refractivity contribution < 1.29 is 14.3 Å². The van der Waals surface area contributed by atoms with Crippen molar-refractivity contribution >= 4 is 40.9 Å². The lowest BCUT2D eigenvalue weighted by atomic mass is 10.2. The maximum Gasteiger partial charge on any atom is 0.230 e. The number of halogens is 2. The molecule has 140 valence electrons. The molecule has 4 nitrogen and oxygen atoms in total. The number of carbonyl (C=O) groups is 1. The molecule has 0 spiro atoms. The third-order valence-corrected chi connectivity index (χ3v) is 5.20. The molecular formula is C19H21Cl2NO3S. The summed E-state index contributed by atoms with van der Waals surface area (Å²) in [5.74, 6) is 2.55. The molecule has 0 saturated carbocycles. The van der Waals surface area contributed by atoms with Crippen molar-refractivity contribution in [2.75, 3.05) is 19.5 Å². The van der Waals surface area contributed by atoms with Crippen molar-refractivity contribution in [1.29, 1.82) is 0 Å². The predicted octanol–water partition coefficient (Wildman–Crippen LogP) is 4.82. The van der Waals surface area contributed by atoms with Gasteiger partial charge in [-0.25, -0.2) is 0 Å². The molecule has 0 heterocycles. The van der Waals surface area contributed by atoms with Crippen LogP contribution in [0.15, 0.2) is 42.5 Å². The molecular weight excluding hydrogens is 393 g/mol. The normalized spacial score (nSPS) is 11.7. The van der Waals surface area contributed by atoms with Gasteiger partial charge in [-0.3, -0.25) is 4.79 Å². The number of amides is 1. The Hall–Kier alpha value is -1.56. The van der Waals surface area contributed by atoms with E-state index < -0.39 is 0 Å². The highest BCUT2D eigenvalue weighted by Crippen LogP contribution is 2.24. The summed E-state index contributed by atoms with van der Waals surface area (Å²) >= 11 is 13.4. The van der Waals surface area contributed by atoms with Crippen LogP contribution in [0.2, 0.25) is 10.0 Å². The number of ether oxygens (including phenoxy) is 2. The van der Waals surface area contributed by atoms with Crippen LogP contribution >= 0.6 is 35.0 Å². The van der Waals surface area contributed by atoms with E-state index in [-0.39, 0.29) is 11.9 Å². The SMILES string of the molecule is COc1ccc(OC[C@@H](C)NC(=O)CSCc2ccc(Cl)c(Cl)c2)cc1. The van der Waals surface area contributed by atoms with Gasteiger partial charge in [0.15, 0.2) is 0 Å². The first-order chi connectivity index (χ1) is 12.5. The van der Waals surface area contributed by atoms with Crippen LogP contribution < -0.4 is 14.8 Å². The average Bonchev–Trinajstić information content (AvgIpc) is 2.63. The van der Waals surface area contributed by atoms with Gasteiger partial charge in [0.1, 0.15) is 18.1 Å². The van der Waals surface area contributed by atoms with E-state index in [1.165, 1.54) is 11.8 Å². The van der Waals surface area contributed by atoms with Gasteiger partial charge in [-0.05, 0) is 48.9 Å². The molecule has 1 N–H and O–H groups in total. The molecule has 0 unspecified atom stereocenters. The molecule has 7 heteroatoms. The maximum atomic E-state index is 12.0. The summed E-state index contributed by atoms with van der Waals surface area (Å²) in [4.78, 5) is 12.0. The molecule has 26 heavy (non-hydrogen) atoms. The van der Waals surface area contributed by atoms with Crippen molar-refractivity contribution in [2.45, 2.75) is 18.7 Å². The first kappa shape index (κ1) is 20.7. The van der Waals surface area contributed by atoms with Gasteiger partial charge < -0.3 is 14.8 Å². The zero-order chi connectivity index (χ0) is 18.9. The summed E-state index contributed by atoms with van der Waals surface area (Å²) in [5, 5.41) is 3.98. The second-order valence-electron chi connectivity index (χ2n) is 5.70. The van der Waals surface area contributed by atoms with E-state index in [0.717, 1.165) is 17.1 Å². The Kier molecular flexibility index (Phi) is 8.42. The quantitative estimate of drug-likeness (QED) is 0.639. The van der Waals surface area contributed by atoms with Gasteiger partial charge in [-0.2, -0.15) is 0 Å². The zero-order valence-corrected chi connectivity index (χ0v) is 17.0. The Morgan fingerprint density at radius 2 is 1.81 bits per heavy atom. The number of thioether (sulfide) groups is 1. The van der Waals surface area contributed by atoms with Crippen molar-refractivity contribution in [2.24, 2.45) is 0 Å². The molecule has 1 amide bonds. The molecule has 0 saturated heterocycles. The van der Waals surface area contributed by atoms with Crippen LogP contribution in [0.3, 0.4) is 0 Å². The number of hydrogen-bond acceptors (Lipinski definition) is 4. The lowest BCUT2D eigenvalue weighted by Gasteiger charge is -2.15. The number of benzene rings is 2. The average molecular weight is 414 g/mol. The molecule has 0 aromatic heterocycles. The van der Waals surface area contributed by atoms with E-state index in [1.807, 2.05) is 43.3 Å². The highest BCUT2D eigenvalue weighted by atomic mass is 35.5. The Morgan fingerprint density at radius 3 is 2.46 bits per heavy atom. The van der Waals surface area contributed by atoms with Gasteiger partial charge in [0, 0.05) is 5.75 Å². The largest absolute Gasteiger partial charge is 0.497 e. The summed E-state index contributed by atoms with van der Waals surface area (Å²) in [5.41, 5.74) is 1.04. The fraction of sp³-hybridized carbons (Fsp3) is 0.316. The molecule has 0 fully saturated rings. The van der Waals surface area contributed by atoms with Crippen LogP contribution in [0.25, 0.3) is 0 Å². The number of rotatable bonds is 9. The number of methoxy groups -OCH3 is 1. The van der Waals surface area contributed by atoms with Gasteiger partial charge >= 0.3 is 0 Å². The summed E-state index contributed by atoms with van der Waals surface area (Å²) in [6, 6.07) is 12.7. The van der Waals surface area contributed by atoms with Crippen molar-refractivity contribution in [3.05, 3.63) is 58.1 Å². The molecule has 1 atom stereocenters. The number of hydrogen-bond donors (Lipinski definition) is 1. The third-order valence-electron chi connectivity index (χ3n) is 3.45. The molecule has 2 aromatic rings. The maximum absolute atomic E-state index is 12.0. The van der Waals surface area contributed by atoms with Crippen molar-refractivity contribution in [3.8, 4) is 11.5 Å². The standard InChI is InChI=1S/C19H21Cl2NO3S/c1-13(10-25-16-6-4-15(24-2)5-7-16)22-19(23)12-26-11-14-3-8-17(20)18(21)9-14/h3-9,13H,10-12H2,1-2H3,(H,22,23)/t13-/m1/s1. The van der Waals surface area contributed by atoms with Gasteiger partial charge in [0.25, 0.3) is 0 Å². The van der Waals surface area contributed by atoms with Crippen molar-refractivity contribution in [1.82, 2.24) is 5.32 Å². The van der Waals surface area contributed by atoms with E-state index >= 15 is 0 Å². The van der Waals surface area contributed by atoms with Crippen LogP contribution in [-0.2, 0) is 10.5 Å². The summed E-state index contributed by atoms with van der Waals surface area (Å²) in [6.07, 6.45) is 0. The highest BCUT2D eigenvalue weighted by Gasteiger charge is 2.09. The molecule has 0 aliphatic heterocycles. The molecule has 0 aliphatic rings. The van der Waals surface area contributed by atoms with Crippen molar-refractivity contribution in [3.63, 3.8) is 0 Å². The fourth-order valence-corrected chi connectivity index (χ4v) is 3.25. The Bertz CT molecular complexity index is 725. The highest BCUT2D eigenvalue weighted by molar-refractivity contribution is 7.99. The monoisotopic (exact) mass is 413 g/mol. The van der Waals surface area contributed by atoms with Gasteiger partial charge in [-0.1, -0.05) is 29.3 Å². The third kappa shape index (κ3) is 6.98. The Labute approximate surface area is 168 Å². The van der Waals surface area contributed by atoms with Crippen LogP contribution in [0.1, 0.15) is 12.5 Å². The zero-order valence-electron chi connectivity index (χ0n) is 14.6. The van der Waals surface area contributed by atoms with Crippen LogP contribution in [-0.4, -0.2) is 31.4 Å². The van der Waals surface area contributed by atoms with Gasteiger partial charge in [-0.15, -0.1) is 11.8 Å². The van der Waals surface area contributed by atoms with Crippen LogP contribution in [0, 0.1) is 0 Å².